The Morgan fingerprint density at radius 3 is 1.86 bits per heavy atom. The third-order valence-corrected chi connectivity index (χ3v) is 5.06. The van der Waals surface area contributed by atoms with Crippen LogP contribution in [0, 0.1) is 17.8 Å². The van der Waals surface area contributed by atoms with Crippen LogP contribution in [-0.4, -0.2) is 13.0 Å². The van der Waals surface area contributed by atoms with Crippen LogP contribution in [0.4, 0.5) is 0 Å². The molecule has 1 aromatic carbocycles. The molecule has 1 aromatic rings. The Kier molecular flexibility index (Phi) is 7.07. The van der Waals surface area contributed by atoms with Crippen LogP contribution in [0.15, 0.2) is 29.2 Å². The van der Waals surface area contributed by atoms with Gasteiger partial charge in [0, 0.05) is 0 Å². The van der Waals surface area contributed by atoms with E-state index < -0.39 is 10.1 Å². The fraction of sp³-hybridized carbons (Fsp3) is 0.667. The van der Waals surface area contributed by atoms with Crippen LogP contribution in [-0.2, 0) is 10.1 Å². The first-order valence-electron chi connectivity index (χ1n) is 8.18. The predicted molar refractivity (Wildman–Crippen MR) is 91.7 cm³/mol. The van der Waals surface area contributed by atoms with Gasteiger partial charge in [0.05, 0.1) is 4.90 Å². The Bertz CT molecular complexity index is 544. The molecule has 4 heteroatoms. The maximum atomic E-state index is 11.2. The third-order valence-electron chi connectivity index (χ3n) is 4.19. The number of hydrogen-bond donors (Lipinski definition) is 1. The van der Waals surface area contributed by atoms with E-state index in [9.17, 15) is 8.42 Å². The van der Waals surface area contributed by atoms with E-state index in [4.69, 9.17) is 4.55 Å². The van der Waals surface area contributed by atoms with E-state index in [2.05, 4.69) is 34.6 Å². The fourth-order valence-corrected chi connectivity index (χ4v) is 3.57. The smallest absolute Gasteiger partial charge is 0.282 e. The first-order chi connectivity index (χ1) is 10.1. The van der Waals surface area contributed by atoms with E-state index in [0.29, 0.717) is 23.7 Å². The summed E-state index contributed by atoms with van der Waals surface area (Å²) in [6.45, 7) is 11.2. The average Bonchev–Trinajstić information content (AvgIpc) is 2.37. The van der Waals surface area contributed by atoms with Gasteiger partial charge in [-0.2, -0.15) is 8.42 Å². The Hall–Kier alpha value is -0.870. The topological polar surface area (TPSA) is 54.4 Å². The number of benzene rings is 1. The molecule has 3 nitrogen and oxygen atoms in total. The molecular weight excluding hydrogens is 296 g/mol. The van der Waals surface area contributed by atoms with Crippen molar-refractivity contribution in [3.05, 3.63) is 29.8 Å². The van der Waals surface area contributed by atoms with Crippen molar-refractivity contribution in [2.24, 2.45) is 17.8 Å². The summed E-state index contributed by atoms with van der Waals surface area (Å²) in [6.07, 6.45) is 3.42. The molecule has 0 aromatic heterocycles. The van der Waals surface area contributed by atoms with Crippen LogP contribution >= 0.6 is 0 Å². The summed E-state index contributed by atoms with van der Waals surface area (Å²) < 4.78 is 31.4. The highest BCUT2D eigenvalue weighted by Gasteiger charge is 2.21. The standard InChI is InChI=1S/C18H30O3S/c1-13(2)6-11-18(15(5)12-14(3)4)16-7-9-17(10-8-16)22(19,20)21/h7-10,13-15,18H,6,11-12H2,1-5H3,(H,19,20,21). The van der Waals surface area contributed by atoms with Crippen LogP contribution in [0.1, 0.15) is 65.4 Å². The van der Waals surface area contributed by atoms with Crippen molar-refractivity contribution in [3.63, 3.8) is 0 Å². The van der Waals surface area contributed by atoms with Crippen LogP contribution in [0.2, 0.25) is 0 Å². The van der Waals surface area contributed by atoms with Crippen molar-refractivity contribution in [2.75, 3.05) is 0 Å². The first kappa shape index (κ1) is 19.2. The summed E-state index contributed by atoms with van der Waals surface area (Å²) in [5.74, 6) is 2.29. The summed E-state index contributed by atoms with van der Waals surface area (Å²) in [4.78, 5) is -0.0321. The molecule has 0 aliphatic rings. The van der Waals surface area contributed by atoms with Crippen LogP contribution in [0.25, 0.3) is 0 Å². The summed E-state index contributed by atoms with van der Waals surface area (Å²) >= 11 is 0. The molecule has 0 heterocycles. The highest BCUT2D eigenvalue weighted by molar-refractivity contribution is 7.85. The molecule has 0 spiro atoms. The van der Waals surface area contributed by atoms with Crippen LogP contribution < -0.4 is 0 Å². The van der Waals surface area contributed by atoms with Gasteiger partial charge >= 0.3 is 0 Å². The quantitative estimate of drug-likeness (QED) is 0.673. The van der Waals surface area contributed by atoms with Gasteiger partial charge in [0.15, 0.2) is 0 Å². The lowest BCUT2D eigenvalue weighted by Gasteiger charge is -2.27. The zero-order chi connectivity index (χ0) is 16.9. The Labute approximate surface area is 135 Å². The molecule has 126 valence electrons. The lowest BCUT2D eigenvalue weighted by Crippen LogP contribution is -2.13. The van der Waals surface area contributed by atoms with Gasteiger partial charge in [-0.05, 0) is 54.2 Å². The van der Waals surface area contributed by atoms with Gasteiger partial charge in [-0.25, -0.2) is 0 Å². The molecule has 22 heavy (non-hydrogen) atoms. The van der Waals surface area contributed by atoms with E-state index in [0.717, 1.165) is 19.3 Å². The van der Waals surface area contributed by atoms with Crippen molar-refractivity contribution < 1.29 is 13.0 Å². The maximum Gasteiger partial charge on any atom is 0.294 e. The van der Waals surface area contributed by atoms with Gasteiger partial charge in [0.1, 0.15) is 0 Å². The fourth-order valence-electron chi connectivity index (χ4n) is 3.09. The van der Waals surface area contributed by atoms with Gasteiger partial charge in [0.2, 0.25) is 0 Å². The molecule has 2 unspecified atom stereocenters. The molecule has 0 radical (unpaired) electrons. The molecular formula is C18H30O3S. The van der Waals surface area contributed by atoms with Crippen molar-refractivity contribution in [1.82, 2.24) is 0 Å². The highest BCUT2D eigenvalue weighted by atomic mass is 32.2. The van der Waals surface area contributed by atoms with E-state index in [1.54, 1.807) is 0 Å². The number of hydrogen-bond acceptors (Lipinski definition) is 2. The summed E-state index contributed by atoms with van der Waals surface area (Å²) in [5.41, 5.74) is 1.17. The molecule has 0 fully saturated rings. The minimum atomic E-state index is -4.11. The minimum absolute atomic E-state index is 0.0321. The summed E-state index contributed by atoms with van der Waals surface area (Å²) in [6, 6.07) is 6.72. The Morgan fingerprint density at radius 1 is 0.909 bits per heavy atom. The Balaban J connectivity index is 2.99. The van der Waals surface area contributed by atoms with Crippen LogP contribution in [0.3, 0.4) is 0 Å². The van der Waals surface area contributed by atoms with Crippen molar-refractivity contribution in [2.45, 2.75) is 64.7 Å². The van der Waals surface area contributed by atoms with Crippen molar-refractivity contribution >= 4 is 10.1 Å². The van der Waals surface area contributed by atoms with E-state index in [1.165, 1.54) is 17.7 Å². The molecule has 0 saturated heterocycles. The van der Waals surface area contributed by atoms with Crippen molar-refractivity contribution in [3.8, 4) is 0 Å². The lowest BCUT2D eigenvalue weighted by atomic mass is 9.79. The molecule has 0 bridgehead atoms. The predicted octanol–water partition coefficient (Wildman–Crippen LogP) is 5.14. The summed E-state index contributed by atoms with van der Waals surface area (Å²) in [5, 5.41) is 0. The SMILES string of the molecule is CC(C)CCC(c1ccc(S(=O)(=O)O)cc1)C(C)CC(C)C. The minimum Gasteiger partial charge on any atom is -0.282 e. The Morgan fingerprint density at radius 2 is 1.45 bits per heavy atom. The maximum absolute atomic E-state index is 11.2. The zero-order valence-corrected chi connectivity index (χ0v) is 15.2. The number of rotatable bonds is 8. The normalized spacial score (nSPS) is 15.3. The van der Waals surface area contributed by atoms with Gasteiger partial charge in [-0.1, -0.05) is 53.2 Å². The largest absolute Gasteiger partial charge is 0.294 e. The van der Waals surface area contributed by atoms with E-state index in [-0.39, 0.29) is 4.90 Å². The van der Waals surface area contributed by atoms with Gasteiger partial charge in [-0.3, -0.25) is 4.55 Å². The first-order valence-corrected chi connectivity index (χ1v) is 9.62. The second-order valence-electron chi connectivity index (χ2n) is 7.23. The molecule has 0 saturated carbocycles. The highest BCUT2D eigenvalue weighted by Crippen LogP contribution is 2.34. The third kappa shape index (κ3) is 6.09. The molecule has 0 amide bonds. The van der Waals surface area contributed by atoms with E-state index in [1.807, 2.05) is 12.1 Å². The lowest BCUT2D eigenvalue weighted by molar-refractivity contribution is 0.341. The molecule has 1 rings (SSSR count). The monoisotopic (exact) mass is 326 g/mol. The molecule has 0 aliphatic heterocycles. The van der Waals surface area contributed by atoms with Gasteiger partial charge in [-0.15, -0.1) is 0 Å². The van der Waals surface area contributed by atoms with E-state index >= 15 is 0 Å². The van der Waals surface area contributed by atoms with Crippen molar-refractivity contribution in [1.29, 1.82) is 0 Å². The molecule has 1 N–H and O–H groups in total. The summed E-state index contributed by atoms with van der Waals surface area (Å²) in [7, 11) is -4.11. The van der Waals surface area contributed by atoms with Gasteiger partial charge < -0.3 is 0 Å². The van der Waals surface area contributed by atoms with Gasteiger partial charge in [0.25, 0.3) is 10.1 Å². The van der Waals surface area contributed by atoms with Crippen LogP contribution in [0.5, 0.6) is 0 Å². The molecule has 0 aliphatic carbocycles. The second-order valence-corrected chi connectivity index (χ2v) is 8.65. The zero-order valence-electron chi connectivity index (χ0n) is 14.4. The molecule has 2 atom stereocenters. The second kappa shape index (κ2) is 8.11. The average molecular weight is 327 g/mol.